The van der Waals surface area contributed by atoms with Crippen LogP contribution in [0.3, 0.4) is 0 Å². The Labute approximate surface area is 150 Å². The van der Waals surface area contributed by atoms with Gasteiger partial charge in [0.15, 0.2) is 6.16 Å². The summed E-state index contributed by atoms with van der Waals surface area (Å²) in [6.45, 7) is 0. The topological polar surface area (TPSA) is 61.8 Å². The van der Waals surface area contributed by atoms with E-state index < -0.39 is 19.7 Å². The molecule has 0 atom stereocenters. The molecule has 0 saturated carbocycles. The summed E-state index contributed by atoms with van der Waals surface area (Å²) in [6, 6.07) is 13.4. The molecule has 8 heteroatoms. The largest absolute Gasteiger partial charge is 0.468 e. The van der Waals surface area contributed by atoms with Gasteiger partial charge in [0.25, 0.3) is 0 Å². The predicted molar refractivity (Wildman–Crippen MR) is 94.0 cm³/mol. The first-order valence-electron chi connectivity index (χ1n) is 6.46. The van der Waals surface area contributed by atoms with Crippen LogP contribution in [0, 0.1) is 0 Å². The molecule has 0 fully saturated rings. The molecule has 0 amide bonds. The lowest BCUT2D eigenvalue weighted by molar-refractivity contribution is -0.137. The maximum Gasteiger partial charge on any atom is 0.441 e. The molecule has 2 aromatic carbocycles. The summed E-state index contributed by atoms with van der Waals surface area (Å²) >= 11 is 6.61. The lowest BCUT2D eigenvalue weighted by Crippen LogP contribution is -2.14. The summed E-state index contributed by atoms with van der Waals surface area (Å²) in [5.74, 6) is -0.0161. The highest BCUT2D eigenvalue weighted by Crippen LogP contribution is 2.48. The summed E-state index contributed by atoms with van der Waals surface area (Å²) < 4.78 is 30.1. The Kier molecular flexibility index (Phi) is 6.27. The fraction of sp³-hybridized carbons (Fsp3) is 0.133. The number of ether oxygens (including phenoxy) is 1. The normalized spacial score (nSPS) is 10.9. The number of hydrogen-bond donors (Lipinski definition) is 0. The molecule has 0 spiro atoms. The van der Waals surface area contributed by atoms with E-state index in [9.17, 15) is 9.36 Å². The van der Waals surface area contributed by atoms with Crippen LogP contribution in [0.25, 0.3) is 0 Å². The maximum absolute atomic E-state index is 12.9. The number of carbonyl (C=O) groups is 1. The zero-order valence-corrected chi connectivity index (χ0v) is 16.1. The van der Waals surface area contributed by atoms with Gasteiger partial charge in [-0.15, -0.1) is 0 Å². The Morgan fingerprint density at radius 1 is 0.913 bits per heavy atom. The van der Waals surface area contributed by atoms with Crippen LogP contribution in [-0.4, -0.2) is 19.2 Å². The maximum atomic E-state index is 12.9. The lowest BCUT2D eigenvalue weighted by atomic mass is 10.3. The van der Waals surface area contributed by atoms with Crippen molar-refractivity contribution in [3.63, 3.8) is 0 Å². The van der Waals surface area contributed by atoms with E-state index in [0.717, 1.165) is 8.95 Å². The molecule has 5 nitrogen and oxygen atoms in total. The summed E-state index contributed by atoms with van der Waals surface area (Å²) in [4.78, 5) is 11.5. The zero-order chi connectivity index (χ0) is 16.9. The van der Waals surface area contributed by atoms with Gasteiger partial charge in [0, 0.05) is 8.95 Å². The first kappa shape index (κ1) is 18.0. The minimum Gasteiger partial charge on any atom is -0.468 e. The first-order chi connectivity index (χ1) is 10.9. The molecule has 0 aromatic heterocycles. The predicted octanol–water partition coefficient (Wildman–Crippen LogP) is 5.04. The molecule has 0 unspecified atom stereocenters. The van der Waals surface area contributed by atoms with E-state index in [-0.39, 0.29) is 0 Å². The van der Waals surface area contributed by atoms with Gasteiger partial charge >= 0.3 is 13.6 Å². The lowest BCUT2D eigenvalue weighted by Gasteiger charge is -2.19. The quantitative estimate of drug-likeness (QED) is 0.443. The molecule has 122 valence electrons. The highest BCUT2D eigenvalue weighted by atomic mass is 79.9. The third-order valence-electron chi connectivity index (χ3n) is 2.67. The van der Waals surface area contributed by atoms with Crippen molar-refractivity contribution in [1.29, 1.82) is 0 Å². The average Bonchev–Trinajstić information content (AvgIpc) is 2.51. The highest BCUT2D eigenvalue weighted by molar-refractivity contribution is 9.10. The molecule has 2 aromatic rings. The van der Waals surface area contributed by atoms with Crippen molar-refractivity contribution in [3.05, 3.63) is 57.5 Å². The molecular weight excluding hydrogens is 451 g/mol. The van der Waals surface area contributed by atoms with Crippen molar-refractivity contribution >= 4 is 45.4 Å². The van der Waals surface area contributed by atoms with Crippen molar-refractivity contribution in [1.82, 2.24) is 0 Å². The van der Waals surface area contributed by atoms with Crippen LogP contribution in [0.4, 0.5) is 0 Å². The monoisotopic (exact) mass is 462 g/mol. The van der Waals surface area contributed by atoms with Gasteiger partial charge in [-0.2, -0.15) is 0 Å². The minimum atomic E-state index is -3.77. The second kappa shape index (κ2) is 7.99. The standard InChI is InChI=1S/C15H13Br2O5P/c1-20-15(18)10-23(19,21-13-6-2-11(16)3-7-13)22-14-8-4-12(17)5-9-14/h2-9H,10H2,1H3. The van der Waals surface area contributed by atoms with Crippen molar-refractivity contribution in [3.8, 4) is 11.5 Å². The third kappa shape index (κ3) is 5.68. The van der Waals surface area contributed by atoms with E-state index in [2.05, 4.69) is 36.6 Å². The molecule has 0 aliphatic heterocycles. The Bertz CT molecular complexity index is 664. The summed E-state index contributed by atoms with van der Waals surface area (Å²) in [5.41, 5.74) is 0. The van der Waals surface area contributed by atoms with Gasteiger partial charge in [-0.25, -0.2) is 4.57 Å². The fourth-order valence-corrected chi connectivity index (χ4v) is 3.64. The Morgan fingerprint density at radius 2 is 1.30 bits per heavy atom. The number of benzene rings is 2. The Balaban J connectivity index is 2.23. The number of methoxy groups -OCH3 is 1. The number of rotatable bonds is 6. The molecule has 0 radical (unpaired) electrons. The molecule has 0 saturated heterocycles. The number of halogens is 2. The third-order valence-corrected chi connectivity index (χ3v) is 5.35. The zero-order valence-electron chi connectivity index (χ0n) is 12.1. The van der Waals surface area contributed by atoms with E-state index in [1.54, 1.807) is 48.5 Å². The summed E-state index contributed by atoms with van der Waals surface area (Å²) in [6.07, 6.45) is -0.490. The van der Waals surface area contributed by atoms with Gasteiger partial charge in [-0.3, -0.25) is 4.79 Å². The molecule has 0 bridgehead atoms. The summed E-state index contributed by atoms with van der Waals surface area (Å²) in [5, 5.41) is 0. The number of carbonyl (C=O) groups excluding carboxylic acids is 1. The molecule has 2 rings (SSSR count). The molecule has 0 N–H and O–H groups in total. The second-order valence-electron chi connectivity index (χ2n) is 4.44. The number of hydrogen-bond acceptors (Lipinski definition) is 5. The van der Waals surface area contributed by atoms with Crippen molar-refractivity contribution in [2.45, 2.75) is 0 Å². The molecule has 0 aliphatic carbocycles. The van der Waals surface area contributed by atoms with Gasteiger partial charge < -0.3 is 13.8 Å². The van der Waals surface area contributed by atoms with Crippen LogP contribution in [0.1, 0.15) is 0 Å². The fourth-order valence-electron chi connectivity index (χ4n) is 1.62. The SMILES string of the molecule is COC(=O)CP(=O)(Oc1ccc(Br)cc1)Oc1ccc(Br)cc1. The minimum absolute atomic E-state index is 0.331. The first-order valence-corrected chi connectivity index (χ1v) is 9.78. The molecule has 0 heterocycles. The van der Waals surface area contributed by atoms with Gasteiger partial charge in [-0.1, -0.05) is 31.9 Å². The van der Waals surface area contributed by atoms with Crippen molar-refractivity contribution < 1.29 is 23.1 Å². The van der Waals surface area contributed by atoms with Crippen molar-refractivity contribution in [2.75, 3.05) is 13.3 Å². The van der Waals surface area contributed by atoms with E-state index in [1.807, 2.05) is 0 Å². The van der Waals surface area contributed by atoms with Crippen LogP contribution >= 0.6 is 39.5 Å². The van der Waals surface area contributed by atoms with E-state index in [4.69, 9.17) is 9.05 Å². The van der Waals surface area contributed by atoms with E-state index in [0.29, 0.717) is 11.5 Å². The Hall–Kier alpha value is -1.30. The van der Waals surface area contributed by atoms with Crippen LogP contribution in [-0.2, 0) is 14.1 Å². The van der Waals surface area contributed by atoms with Gasteiger partial charge in [0.2, 0.25) is 0 Å². The molecule has 23 heavy (non-hydrogen) atoms. The molecular formula is C15H13Br2O5P. The van der Waals surface area contributed by atoms with Crippen molar-refractivity contribution in [2.24, 2.45) is 0 Å². The van der Waals surface area contributed by atoms with Crippen LogP contribution in [0.5, 0.6) is 11.5 Å². The van der Waals surface area contributed by atoms with Crippen LogP contribution in [0.15, 0.2) is 57.5 Å². The van der Waals surface area contributed by atoms with Gasteiger partial charge in [0.1, 0.15) is 11.5 Å². The number of esters is 1. The van der Waals surface area contributed by atoms with Gasteiger partial charge in [0.05, 0.1) is 7.11 Å². The summed E-state index contributed by atoms with van der Waals surface area (Å²) in [7, 11) is -2.56. The van der Waals surface area contributed by atoms with Crippen LogP contribution < -0.4 is 9.05 Å². The smallest absolute Gasteiger partial charge is 0.441 e. The highest BCUT2D eigenvalue weighted by Gasteiger charge is 2.32. The van der Waals surface area contributed by atoms with E-state index >= 15 is 0 Å². The second-order valence-corrected chi connectivity index (χ2v) is 8.17. The Morgan fingerprint density at radius 3 is 1.65 bits per heavy atom. The van der Waals surface area contributed by atoms with E-state index in [1.165, 1.54) is 7.11 Å². The van der Waals surface area contributed by atoms with Gasteiger partial charge in [-0.05, 0) is 48.5 Å². The average molecular weight is 464 g/mol. The molecule has 0 aliphatic rings. The van der Waals surface area contributed by atoms with Crippen LogP contribution in [0.2, 0.25) is 0 Å².